The molecule has 1 aliphatic rings. The van der Waals surface area contributed by atoms with Crippen LogP contribution in [0.2, 0.25) is 0 Å². The van der Waals surface area contributed by atoms with Crippen molar-refractivity contribution in [3.8, 4) is 0 Å². The van der Waals surface area contributed by atoms with Gasteiger partial charge in [0.1, 0.15) is 0 Å². The Morgan fingerprint density at radius 2 is 2.35 bits per heavy atom. The first-order chi connectivity index (χ1) is 8.16. The molecule has 1 atom stereocenters. The maximum atomic E-state index is 10.1. The number of hydrogen-bond donors (Lipinski definition) is 2. The fraction of sp³-hybridized carbons (Fsp3) is 0.462. The molecule has 0 bridgehead atoms. The van der Waals surface area contributed by atoms with Crippen molar-refractivity contribution in [2.75, 3.05) is 26.7 Å². The molecule has 0 aliphatic carbocycles. The average molecular weight is 233 g/mol. The molecule has 1 heterocycles. The molecule has 1 aromatic carbocycles. The second-order valence-corrected chi connectivity index (χ2v) is 4.44. The Labute approximate surface area is 102 Å². The van der Waals surface area contributed by atoms with Crippen molar-refractivity contribution in [3.05, 3.63) is 35.4 Å². The van der Waals surface area contributed by atoms with Crippen molar-refractivity contribution >= 4 is 5.96 Å². The van der Waals surface area contributed by atoms with Gasteiger partial charge in [-0.15, -0.1) is 0 Å². The van der Waals surface area contributed by atoms with Gasteiger partial charge >= 0.3 is 0 Å². The molecule has 0 amide bonds. The van der Waals surface area contributed by atoms with Gasteiger partial charge in [-0.05, 0) is 12.5 Å². The highest BCUT2D eigenvalue weighted by atomic mass is 16.3. The number of aliphatic imine (C=N–C) groups is 1. The van der Waals surface area contributed by atoms with Crippen LogP contribution in [-0.4, -0.2) is 42.6 Å². The van der Waals surface area contributed by atoms with E-state index in [0.717, 1.165) is 30.2 Å². The number of nitrogens with one attached hydrogen (secondary N) is 1. The molecule has 0 radical (unpaired) electrons. The van der Waals surface area contributed by atoms with E-state index in [0.29, 0.717) is 6.54 Å². The first-order valence-electron chi connectivity index (χ1n) is 5.91. The highest BCUT2D eigenvalue weighted by Gasteiger charge is 2.14. The Morgan fingerprint density at radius 1 is 1.53 bits per heavy atom. The third-order valence-electron chi connectivity index (χ3n) is 2.94. The van der Waals surface area contributed by atoms with Crippen LogP contribution >= 0.6 is 0 Å². The van der Waals surface area contributed by atoms with Crippen LogP contribution in [-0.2, 0) is 0 Å². The predicted molar refractivity (Wildman–Crippen MR) is 69.1 cm³/mol. The first kappa shape index (κ1) is 11.9. The lowest BCUT2D eigenvalue weighted by molar-refractivity contribution is 0.180. The molecule has 2 rings (SSSR count). The van der Waals surface area contributed by atoms with E-state index in [4.69, 9.17) is 0 Å². The number of benzene rings is 1. The summed E-state index contributed by atoms with van der Waals surface area (Å²) in [6.45, 7) is 4.30. The minimum atomic E-state index is -0.494. The third kappa shape index (κ3) is 2.97. The lowest BCUT2D eigenvalue weighted by atomic mass is 10.1. The van der Waals surface area contributed by atoms with E-state index in [1.54, 1.807) is 0 Å². The van der Waals surface area contributed by atoms with Gasteiger partial charge in [-0.3, -0.25) is 4.99 Å². The molecule has 1 unspecified atom stereocenters. The van der Waals surface area contributed by atoms with Gasteiger partial charge in [-0.1, -0.05) is 29.8 Å². The molecule has 1 aromatic rings. The van der Waals surface area contributed by atoms with Crippen LogP contribution in [0.3, 0.4) is 0 Å². The number of hydrogen-bond acceptors (Lipinski definition) is 4. The van der Waals surface area contributed by atoms with Gasteiger partial charge in [-0.2, -0.15) is 0 Å². The topological polar surface area (TPSA) is 47.9 Å². The highest BCUT2D eigenvalue weighted by Crippen LogP contribution is 2.13. The van der Waals surface area contributed by atoms with Crippen molar-refractivity contribution in [1.29, 1.82) is 0 Å². The number of aliphatic hydroxyl groups excluding tert-OH is 1. The lowest BCUT2D eigenvalue weighted by Gasteiger charge is -2.18. The molecule has 4 nitrogen and oxygen atoms in total. The monoisotopic (exact) mass is 233 g/mol. The summed E-state index contributed by atoms with van der Waals surface area (Å²) in [7, 11) is 2.00. The summed E-state index contributed by atoms with van der Waals surface area (Å²) in [5, 5.41) is 13.2. The summed E-state index contributed by atoms with van der Waals surface area (Å²) in [4.78, 5) is 6.38. The molecule has 1 aliphatic heterocycles. The van der Waals surface area contributed by atoms with E-state index < -0.39 is 6.10 Å². The largest absolute Gasteiger partial charge is 0.387 e. The van der Waals surface area contributed by atoms with Crippen LogP contribution in [0.4, 0.5) is 0 Å². The van der Waals surface area contributed by atoms with Gasteiger partial charge in [-0.25, -0.2) is 0 Å². The van der Waals surface area contributed by atoms with E-state index >= 15 is 0 Å². The smallest absolute Gasteiger partial charge is 0.193 e. The van der Waals surface area contributed by atoms with Crippen LogP contribution in [0.1, 0.15) is 17.2 Å². The van der Waals surface area contributed by atoms with Crippen molar-refractivity contribution in [1.82, 2.24) is 10.2 Å². The molecule has 0 spiro atoms. The number of guanidine groups is 1. The normalized spacial score (nSPS) is 16.9. The van der Waals surface area contributed by atoms with E-state index in [1.807, 2.05) is 38.2 Å². The van der Waals surface area contributed by atoms with Gasteiger partial charge in [0.2, 0.25) is 0 Å². The molecule has 17 heavy (non-hydrogen) atoms. The quantitative estimate of drug-likeness (QED) is 0.816. The fourth-order valence-corrected chi connectivity index (χ4v) is 1.91. The number of nitrogens with zero attached hydrogens (tertiary/aromatic N) is 2. The minimum Gasteiger partial charge on any atom is -0.387 e. The Kier molecular flexibility index (Phi) is 3.64. The minimum absolute atomic E-state index is 0.493. The number of likely N-dealkylation sites (N-methyl/N-ethyl adjacent to an activating group) is 1. The van der Waals surface area contributed by atoms with E-state index in [-0.39, 0.29) is 0 Å². The van der Waals surface area contributed by atoms with E-state index in [1.165, 1.54) is 0 Å². The van der Waals surface area contributed by atoms with Gasteiger partial charge in [0, 0.05) is 20.1 Å². The van der Waals surface area contributed by atoms with Crippen molar-refractivity contribution < 1.29 is 5.11 Å². The average Bonchev–Trinajstić information content (AvgIpc) is 2.72. The van der Waals surface area contributed by atoms with Gasteiger partial charge < -0.3 is 15.3 Å². The molecular formula is C13H19N3O. The molecule has 0 saturated heterocycles. The number of rotatable bonds is 3. The summed E-state index contributed by atoms with van der Waals surface area (Å²) in [5.41, 5.74) is 2.11. The first-order valence-corrected chi connectivity index (χ1v) is 5.91. The Hall–Kier alpha value is -1.55. The standard InChI is InChI=1S/C13H19N3O/c1-10-4-3-5-11(8-10)12(17)9-15-13-14-6-7-16(13)2/h3-5,8,12,17H,6-7,9H2,1-2H3,(H,14,15). The van der Waals surface area contributed by atoms with Gasteiger partial charge in [0.05, 0.1) is 12.6 Å². The number of aryl methyl sites for hydroxylation is 1. The third-order valence-corrected chi connectivity index (χ3v) is 2.94. The second-order valence-electron chi connectivity index (χ2n) is 4.44. The second kappa shape index (κ2) is 5.19. The van der Waals surface area contributed by atoms with Crippen molar-refractivity contribution in [2.24, 2.45) is 4.99 Å². The summed E-state index contributed by atoms with van der Waals surface area (Å²) in [5.74, 6) is 0.872. The van der Waals surface area contributed by atoms with Crippen LogP contribution in [0.15, 0.2) is 29.3 Å². The molecule has 0 saturated carbocycles. The zero-order valence-corrected chi connectivity index (χ0v) is 10.3. The van der Waals surface area contributed by atoms with Gasteiger partial charge in [0.15, 0.2) is 5.96 Å². The van der Waals surface area contributed by atoms with E-state index in [2.05, 4.69) is 15.2 Å². The zero-order chi connectivity index (χ0) is 12.3. The molecule has 92 valence electrons. The van der Waals surface area contributed by atoms with Crippen LogP contribution in [0.5, 0.6) is 0 Å². The van der Waals surface area contributed by atoms with Crippen molar-refractivity contribution in [2.45, 2.75) is 13.0 Å². The predicted octanol–water partition coefficient (Wildman–Crippen LogP) is 0.919. The Bertz CT molecular complexity index is 417. The molecule has 2 N–H and O–H groups in total. The molecule has 0 fully saturated rings. The summed E-state index contributed by atoms with van der Waals surface area (Å²) in [6.07, 6.45) is -0.494. The number of aliphatic hydroxyl groups is 1. The molecule has 0 aromatic heterocycles. The Balaban J connectivity index is 1.91. The van der Waals surface area contributed by atoms with Crippen LogP contribution in [0.25, 0.3) is 0 Å². The molecular weight excluding hydrogens is 214 g/mol. The summed E-state index contributed by atoms with van der Waals surface area (Å²) >= 11 is 0. The maximum Gasteiger partial charge on any atom is 0.193 e. The Morgan fingerprint density at radius 3 is 3.00 bits per heavy atom. The fourth-order valence-electron chi connectivity index (χ4n) is 1.91. The van der Waals surface area contributed by atoms with Crippen LogP contribution < -0.4 is 5.32 Å². The summed E-state index contributed by atoms with van der Waals surface area (Å²) < 4.78 is 0. The zero-order valence-electron chi connectivity index (χ0n) is 10.3. The van der Waals surface area contributed by atoms with Gasteiger partial charge in [0.25, 0.3) is 0 Å². The van der Waals surface area contributed by atoms with E-state index in [9.17, 15) is 5.11 Å². The maximum absolute atomic E-state index is 10.1. The SMILES string of the molecule is Cc1cccc(C(O)CNC2=NCCN2C)c1. The highest BCUT2D eigenvalue weighted by molar-refractivity contribution is 5.81. The molecule has 4 heteroatoms. The summed E-state index contributed by atoms with van der Waals surface area (Å²) in [6, 6.07) is 7.94. The van der Waals surface area contributed by atoms with Crippen LogP contribution in [0, 0.1) is 6.92 Å². The lowest BCUT2D eigenvalue weighted by Crippen LogP contribution is -2.37. The van der Waals surface area contributed by atoms with Crippen molar-refractivity contribution in [3.63, 3.8) is 0 Å².